The molecular formula is C14H22BrN5O2. The fraction of sp³-hybridized carbons (Fsp3) is 0.643. The molecule has 122 valence electrons. The summed E-state index contributed by atoms with van der Waals surface area (Å²) in [5.41, 5.74) is 5.88. The Kier molecular flexibility index (Phi) is 5.82. The summed E-state index contributed by atoms with van der Waals surface area (Å²) in [4.78, 5) is 24.1. The van der Waals surface area contributed by atoms with Gasteiger partial charge in [0.25, 0.3) is 0 Å². The van der Waals surface area contributed by atoms with Crippen LogP contribution in [0.15, 0.2) is 10.8 Å². The van der Waals surface area contributed by atoms with E-state index in [0.717, 1.165) is 32.4 Å². The minimum absolute atomic E-state index is 0.0515. The lowest BCUT2D eigenvalue weighted by molar-refractivity contribution is 0.0575. The molecule has 1 amide bonds. The topological polar surface area (TPSA) is 84.6 Å². The molecule has 1 aliphatic rings. The van der Waals surface area contributed by atoms with Gasteiger partial charge >= 0.3 is 6.09 Å². The Morgan fingerprint density at radius 2 is 2.23 bits per heavy atom. The van der Waals surface area contributed by atoms with Gasteiger partial charge in [-0.15, -0.1) is 0 Å². The molecule has 1 aromatic rings. The zero-order valence-corrected chi connectivity index (χ0v) is 14.5. The SMILES string of the molecule is CCCN(C)C(=O)OC1CCN(c2nc(Br)cnc2N)CC1. The molecule has 1 saturated heterocycles. The summed E-state index contributed by atoms with van der Waals surface area (Å²) in [6, 6.07) is 0. The van der Waals surface area contributed by atoms with Crippen molar-refractivity contribution in [2.45, 2.75) is 32.3 Å². The lowest BCUT2D eigenvalue weighted by atomic mass is 10.1. The first-order valence-corrected chi connectivity index (χ1v) is 8.25. The Bertz CT molecular complexity index is 520. The number of carbonyl (C=O) groups excluding carboxylic acids is 1. The van der Waals surface area contributed by atoms with Gasteiger partial charge in [-0.25, -0.2) is 14.8 Å². The molecule has 2 heterocycles. The second-order valence-electron chi connectivity index (χ2n) is 5.39. The number of hydrogen-bond acceptors (Lipinski definition) is 6. The minimum atomic E-state index is -0.248. The van der Waals surface area contributed by atoms with Crippen LogP contribution in [0.5, 0.6) is 0 Å². The maximum atomic E-state index is 11.9. The molecule has 0 atom stereocenters. The zero-order valence-electron chi connectivity index (χ0n) is 13.0. The van der Waals surface area contributed by atoms with E-state index in [1.54, 1.807) is 18.1 Å². The van der Waals surface area contributed by atoms with Crippen molar-refractivity contribution < 1.29 is 9.53 Å². The predicted molar refractivity (Wildman–Crippen MR) is 88.8 cm³/mol. The van der Waals surface area contributed by atoms with E-state index in [-0.39, 0.29) is 12.2 Å². The van der Waals surface area contributed by atoms with Gasteiger partial charge in [-0.2, -0.15) is 0 Å². The van der Waals surface area contributed by atoms with E-state index in [0.29, 0.717) is 22.8 Å². The van der Waals surface area contributed by atoms with E-state index in [1.807, 2.05) is 6.92 Å². The summed E-state index contributed by atoms with van der Waals surface area (Å²) in [6.45, 7) is 4.23. The highest BCUT2D eigenvalue weighted by molar-refractivity contribution is 9.10. The van der Waals surface area contributed by atoms with Crippen LogP contribution >= 0.6 is 15.9 Å². The van der Waals surface area contributed by atoms with Crippen LogP contribution in [0.2, 0.25) is 0 Å². The van der Waals surface area contributed by atoms with Crippen molar-refractivity contribution in [3.63, 3.8) is 0 Å². The van der Waals surface area contributed by atoms with Crippen molar-refractivity contribution in [1.29, 1.82) is 0 Å². The van der Waals surface area contributed by atoms with Gasteiger partial charge in [-0.3, -0.25) is 0 Å². The van der Waals surface area contributed by atoms with Crippen molar-refractivity contribution in [2.75, 3.05) is 37.3 Å². The standard InChI is InChI=1S/C14H22BrN5O2/c1-3-6-19(2)14(21)22-10-4-7-20(8-5-10)13-12(16)17-9-11(15)18-13/h9-10H,3-8H2,1-2H3,(H2,16,17). The van der Waals surface area contributed by atoms with Crippen LogP contribution in [0.25, 0.3) is 0 Å². The van der Waals surface area contributed by atoms with Gasteiger partial charge in [0.1, 0.15) is 10.7 Å². The highest BCUT2D eigenvalue weighted by Gasteiger charge is 2.25. The van der Waals surface area contributed by atoms with Crippen LogP contribution in [0.4, 0.5) is 16.4 Å². The third kappa shape index (κ3) is 4.22. The number of ether oxygens (including phenoxy) is 1. The molecule has 7 nitrogen and oxygen atoms in total. The summed E-state index contributed by atoms with van der Waals surface area (Å²) in [5.74, 6) is 1.10. The Morgan fingerprint density at radius 1 is 1.55 bits per heavy atom. The number of piperidine rings is 1. The smallest absolute Gasteiger partial charge is 0.409 e. The van der Waals surface area contributed by atoms with E-state index in [2.05, 4.69) is 30.8 Å². The van der Waals surface area contributed by atoms with E-state index in [9.17, 15) is 4.79 Å². The Labute approximate surface area is 139 Å². The summed E-state index contributed by atoms with van der Waals surface area (Å²) in [5, 5.41) is 0. The maximum Gasteiger partial charge on any atom is 0.409 e. The molecule has 22 heavy (non-hydrogen) atoms. The number of anilines is 2. The molecule has 8 heteroatoms. The number of halogens is 1. The quantitative estimate of drug-likeness (QED) is 0.873. The monoisotopic (exact) mass is 371 g/mol. The second kappa shape index (κ2) is 7.62. The molecule has 1 aliphatic heterocycles. The number of aromatic nitrogens is 2. The molecule has 2 rings (SSSR count). The van der Waals surface area contributed by atoms with Crippen molar-refractivity contribution in [3.8, 4) is 0 Å². The average Bonchev–Trinajstić information content (AvgIpc) is 2.51. The summed E-state index contributed by atoms with van der Waals surface area (Å²) in [7, 11) is 1.76. The van der Waals surface area contributed by atoms with Crippen molar-refractivity contribution >= 4 is 33.7 Å². The van der Waals surface area contributed by atoms with Crippen LogP contribution in [-0.4, -0.2) is 53.7 Å². The summed E-state index contributed by atoms with van der Waals surface area (Å²) >= 11 is 3.31. The Hall–Kier alpha value is -1.57. The lowest BCUT2D eigenvalue weighted by Crippen LogP contribution is -2.40. The average molecular weight is 372 g/mol. The van der Waals surface area contributed by atoms with Gasteiger partial charge in [-0.1, -0.05) is 6.92 Å². The third-order valence-electron chi connectivity index (χ3n) is 3.63. The first-order chi connectivity index (χ1) is 10.5. The molecule has 0 saturated carbocycles. The van der Waals surface area contributed by atoms with Gasteiger partial charge in [0.15, 0.2) is 11.6 Å². The highest BCUT2D eigenvalue weighted by atomic mass is 79.9. The molecule has 0 aromatic carbocycles. The lowest BCUT2D eigenvalue weighted by Gasteiger charge is -2.33. The second-order valence-corrected chi connectivity index (χ2v) is 6.21. The van der Waals surface area contributed by atoms with Crippen molar-refractivity contribution in [2.24, 2.45) is 0 Å². The molecule has 0 unspecified atom stereocenters. The van der Waals surface area contributed by atoms with Crippen LogP contribution in [0.1, 0.15) is 26.2 Å². The van der Waals surface area contributed by atoms with E-state index >= 15 is 0 Å². The molecule has 0 bridgehead atoms. The van der Waals surface area contributed by atoms with Crippen molar-refractivity contribution in [3.05, 3.63) is 10.8 Å². The van der Waals surface area contributed by atoms with E-state index in [4.69, 9.17) is 10.5 Å². The number of nitrogen functional groups attached to an aromatic ring is 1. The molecular weight excluding hydrogens is 350 g/mol. The number of rotatable bonds is 4. The van der Waals surface area contributed by atoms with Crippen LogP contribution in [0.3, 0.4) is 0 Å². The van der Waals surface area contributed by atoms with Gasteiger partial charge in [0, 0.05) is 39.5 Å². The molecule has 0 radical (unpaired) electrons. The summed E-state index contributed by atoms with van der Waals surface area (Å²) < 4.78 is 6.19. The largest absolute Gasteiger partial charge is 0.446 e. The molecule has 2 N–H and O–H groups in total. The first kappa shape index (κ1) is 16.8. The number of amides is 1. The highest BCUT2D eigenvalue weighted by Crippen LogP contribution is 2.25. The van der Waals surface area contributed by atoms with Crippen molar-refractivity contribution in [1.82, 2.24) is 14.9 Å². The fourth-order valence-electron chi connectivity index (χ4n) is 2.45. The zero-order chi connectivity index (χ0) is 16.1. The maximum absolute atomic E-state index is 11.9. The summed E-state index contributed by atoms with van der Waals surface area (Å²) in [6.07, 6.45) is 3.73. The Morgan fingerprint density at radius 3 is 2.86 bits per heavy atom. The number of nitrogens with zero attached hydrogens (tertiary/aromatic N) is 4. The molecule has 1 fully saturated rings. The predicted octanol–water partition coefficient (Wildman–Crippen LogP) is 2.27. The number of nitrogens with two attached hydrogens (primary N) is 1. The van der Waals surface area contributed by atoms with E-state index < -0.39 is 0 Å². The van der Waals surface area contributed by atoms with Gasteiger partial charge in [-0.05, 0) is 22.4 Å². The normalized spacial score (nSPS) is 15.7. The molecule has 0 aliphatic carbocycles. The first-order valence-electron chi connectivity index (χ1n) is 7.46. The van der Waals surface area contributed by atoms with Gasteiger partial charge in [0.05, 0.1) is 6.20 Å². The third-order valence-corrected chi connectivity index (χ3v) is 4.01. The van der Waals surface area contributed by atoms with Crippen LogP contribution < -0.4 is 10.6 Å². The van der Waals surface area contributed by atoms with Gasteiger partial charge in [0.2, 0.25) is 0 Å². The van der Waals surface area contributed by atoms with Crippen LogP contribution in [0, 0.1) is 0 Å². The minimum Gasteiger partial charge on any atom is -0.446 e. The molecule has 0 spiro atoms. The van der Waals surface area contributed by atoms with Gasteiger partial charge < -0.3 is 20.3 Å². The fourth-order valence-corrected chi connectivity index (χ4v) is 2.72. The number of hydrogen-bond donors (Lipinski definition) is 1. The van der Waals surface area contributed by atoms with Crippen LogP contribution in [-0.2, 0) is 4.74 Å². The van der Waals surface area contributed by atoms with E-state index in [1.165, 1.54) is 0 Å². The Balaban J connectivity index is 1.88. The number of carbonyl (C=O) groups is 1. The molecule has 1 aromatic heterocycles.